The highest BCUT2D eigenvalue weighted by Crippen LogP contribution is 2.36. The number of carboxylic acids is 3. The van der Waals surface area contributed by atoms with E-state index in [0.29, 0.717) is 0 Å². The molecule has 0 radical (unpaired) electrons. The van der Waals surface area contributed by atoms with E-state index in [-0.39, 0.29) is 25.2 Å². The van der Waals surface area contributed by atoms with E-state index in [1.807, 2.05) is 0 Å². The van der Waals surface area contributed by atoms with Crippen LogP contribution < -0.4 is 5.32 Å². The number of amides is 1. The predicted octanol–water partition coefficient (Wildman–Crippen LogP) is -6.41. The SMILES string of the molecule is CC(=O)CCC(=O)NC[C@@H](O)[C@@H](O)C1O[C@@](O)(C(=O)O)C[C@@H](O)[C@H]1C.C[C@H]1C([C@H](O)[C@H](O)CN=[N+]=[N-])O[C@@](O)(C(=O)O)C[C@H]1O.C[C@H]1C([C@H](O)[C@H](O)CO)O[C@@](O)(C(=O)O)C[C@H]1O. The van der Waals surface area contributed by atoms with Gasteiger partial charge in [-0.05, 0) is 12.5 Å². The number of hydrogen-bond acceptors (Lipinski definition) is 22. The van der Waals surface area contributed by atoms with Crippen LogP contribution in [0.1, 0.15) is 59.8 Å². The van der Waals surface area contributed by atoms with Crippen molar-refractivity contribution in [2.75, 3.05) is 19.7 Å². The predicted molar refractivity (Wildman–Crippen MR) is 202 cm³/mol. The highest BCUT2D eigenvalue weighted by molar-refractivity contribution is 5.83. The summed E-state index contributed by atoms with van der Waals surface area (Å²) in [4.78, 5) is 57.6. The largest absolute Gasteiger partial charge is 0.477 e. The second-order valence-electron chi connectivity index (χ2n) is 15.7. The number of aliphatic hydroxyl groups is 13. The quantitative estimate of drug-likeness (QED) is 0.0366. The maximum Gasteiger partial charge on any atom is 0.364 e. The monoisotopic (exact) mass is 920 g/mol. The number of carbonyl (C=O) groups excluding carboxylic acids is 2. The average Bonchev–Trinajstić information content (AvgIpc) is 3.21. The first-order valence-electron chi connectivity index (χ1n) is 19.3. The molecule has 0 saturated carbocycles. The third-order valence-corrected chi connectivity index (χ3v) is 10.8. The smallest absolute Gasteiger partial charge is 0.364 e. The van der Waals surface area contributed by atoms with Crippen LogP contribution in [0.3, 0.4) is 0 Å². The van der Waals surface area contributed by atoms with E-state index in [0.717, 1.165) is 0 Å². The van der Waals surface area contributed by atoms with Crippen LogP contribution in [0, 0.1) is 17.8 Å². The van der Waals surface area contributed by atoms with E-state index in [4.69, 9.17) is 40.2 Å². The molecule has 0 bridgehead atoms. The van der Waals surface area contributed by atoms with Crippen molar-refractivity contribution in [2.24, 2.45) is 22.9 Å². The minimum Gasteiger partial charge on any atom is -0.477 e. The molecule has 3 aliphatic rings. The number of ether oxygens (including phenoxy) is 3. The molecule has 28 heteroatoms. The lowest BCUT2D eigenvalue weighted by Gasteiger charge is -2.43. The summed E-state index contributed by atoms with van der Waals surface area (Å²) in [5.41, 5.74) is 8.13. The van der Waals surface area contributed by atoms with Gasteiger partial charge in [-0.2, -0.15) is 0 Å². The lowest BCUT2D eigenvalue weighted by atomic mass is 9.84. The molecule has 1 amide bonds. The summed E-state index contributed by atoms with van der Waals surface area (Å²) in [6.07, 6.45) is -18.9. The summed E-state index contributed by atoms with van der Waals surface area (Å²) in [6.45, 7) is 4.18. The molecule has 0 aromatic carbocycles. The number of aliphatic carboxylic acids is 3. The summed E-state index contributed by atoms with van der Waals surface area (Å²) in [5, 5.41) is 158. The number of nitrogens with zero attached hydrogens (tertiary/aromatic N) is 3. The third-order valence-electron chi connectivity index (χ3n) is 10.8. The first kappa shape index (κ1) is 57.2. The summed E-state index contributed by atoms with van der Waals surface area (Å²) in [6, 6.07) is 0. The van der Waals surface area contributed by atoms with Gasteiger partial charge < -0.3 is 106 Å². The summed E-state index contributed by atoms with van der Waals surface area (Å²) >= 11 is 0. The van der Waals surface area contributed by atoms with Crippen molar-refractivity contribution in [2.45, 2.75) is 150 Å². The number of hydrogen-bond donors (Lipinski definition) is 17. The number of ketones is 1. The van der Waals surface area contributed by atoms with Crippen molar-refractivity contribution in [3.05, 3.63) is 10.4 Å². The van der Waals surface area contributed by atoms with Gasteiger partial charge in [0.15, 0.2) is 0 Å². The van der Waals surface area contributed by atoms with E-state index in [1.54, 1.807) is 0 Å². The Morgan fingerprint density at radius 1 is 0.651 bits per heavy atom. The van der Waals surface area contributed by atoms with Crippen LogP contribution in [0.5, 0.6) is 0 Å². The number of carboxylic acid groups (broad SMARTS) is 3. The van der Waals surface area contributed by atoms with Crippen LogP contribution >= 0.6 is 0 Å². The zero-order chi connectivity index (χ0) is 48.9. The molecule has 0 spiro atoms. The number of azide groups is 1. The third kappa shape index (κ3) is 15.7. The molecule has 3 heterocycles. The zero-order valence-electron chi connectivity index (χ0n) is 34.6. The Balaban J connectivity index is 0.000000480. The highest BCUT2D eigenvalue weighted by Gasteiger charge is 2.54. The molecule has 18 atom stereocenters. The van der Waals surface area contributed by atoms with Crippen molar-refractivity contribution in [1.82, 2.24) is 5.32 Å². The number of nitrogens with one attached hydrogen (secondary N) is 1. The molecule has 364 valence electrons. The minimum atomic E-state index is -2.68. The normalized spacial score (nSPS) is 35.8. The fraction of sp³-hybridized carbons (Fsp3) is 0.857. The standard InChI is InChI=1S/C15H25NO9.C10H17N3O7.C10H18O8/c1-7(17)3-4-11(20)16-6-10(19)12(21)13-8(2)9(18)5-15(24,25-13)14(22)23;1-4-5(14)2-10(19,9(17)18)20-8(4)7(16)6(15)3-12-13-11;1-4-5(12)2-10(17,9(15)16)18-8(4)7(14)6(13)3-11/h8-10,12-13,18-19,21,24H,3-6H2,1-2H3,(H,16,20)(H,22,23);4-8,14-16,19H,2-3H2,1H3,(H,17,18);4-8,11-14,17H,2-3H2,1H3,(H,15,16)/t8-,9-,10-,12-,13?,15-;2*4-,5-,6-,7-,8?,10-/m111/s1. The van der Waals surface area contributed by atoms with Gasteiger partial charge in [-0.15, -0.1) is 0 Å². The van der Waals surface area contributed by atoms with Gasteiger partial charge in [0.1, 0.15) is 30.2 Å². The number of aliphatic hydroxyl groups excluding tert-OH is 10. The second kappa shape index (κ2) is 24.5. The number of rotatable bonds is 17. The Kier molecular flexibility index (Phi) is 22.3. The van der Waals surface area contributed by atoms with E-state index in [2.05, 4.69) is 15.3 Å². The molecule has 0 aromatic heterocycles. The van der Waals surface area contributed by atoms with E-state index in [9.17, 15) is 85.3 Å². The number of Topliss-reactive ketones (excluding diaryl/α,β-unsaturated/α-hetero) is 1. The zero-order valence-corrected chi connectivity index (χ0v) is 34.6. The molecule has 0 aromatic rings. The molecule has 3 rings (SSSR count). The second-order valence-corrected chi connectivity index (χ2v) is 15.7. The molecular weight excluding hydrogens is 860 g/mol. The van der Waals surface area contributed by atoms with Crippen molar-refractivity contribution in [1.29, 1.82) is 0 Å². The van der Waals surface area contributed by atoms with Crippen LogP contribution in [0.15, 0.2) is 5.11 Å². The van der Waals surface area contributed by atoms with Gasteiger partial charge in [0, 0.05) is 61.3 Å². The van der Waals surface area contributed by atoms with Gasteiger partial charge in [-0.1, -0.05) is 25.9 Å². The van der Waals surface area contributed by atoms with Crippen LogP contribution in [0.25, 0.3) is 10.4 Å². The lowest BCUT2D eigenvalue weighted by Crippen LogP contribution is -2.60. The highest BCUT2D eigenvalue weighted by atomic mass is 16.7. The first-order chi connectivity index (χ1) is 28.9. The minimum absolute atomic E-state index is 0.0467. The topological polar surface area (TPSA) is 498 Å². The van der Waals surface area contributed by atoms with Crippen molar-refractivity contribution >= 4 is 29.6 Å². The van der Waals surface area contributed by atoms with Crippen LogP contribution in [0.2, 0.25) is 0 Å². The first-order valence-corrected chi connectivity index (χ1v) is 19.3. The van der Waals surface area contributed by atoms with E-state index < -0.39 is 165 Å². The van der Waals surface area contributed by atoms with Crippen LogP contribution in [0.4, 0.5) is 0 Å². The molecule has 0 aliphatic carbocycles. The van der Waals surface area contributed by atoms with Gasteiger partial charge >= 0.3 is 17.9 Å². The number of carbonyl (C=O) groups is 5. The van der Waals surface area contributed by atoms with Crippen LogP contribution in [-0.4, -0.2) is 222 Å². The maximum absolute atomic E-state index is 11.5. The molecule has 3 saturated heterocycles. The summed E-state index contributed by atoms with van der Waals surface area (Å²) in [5.74, 6) is -15.9. The van der Waals surface area contributed by atoms with Gasteiger partial charge in [-0.3, -0.25) is 4.79 Å². The Morgan fingerprint density at radius 2 is 0.984 bits per heavy atom. The molecule has 63 heavy (non-hydrogen) atoms. The average molecular weight is 921 g/mol. The van der Waals surface area contributed by atoms with Crippen LogP contribution in [-0.2, 0) is 38.2 Å². The van der Waals surface area contributed by atoms with Gasteiger partial charge in [-0.25, -0.2) is 14.4 Å². The molecule has 17 N–H and O–H groups in total. The molecule has 3 fully saturated rings. The van der Waals surface area contributed by atoms with Crippen molar-refractivity contribution in [3.8, 4) is 0 Å². The fourth-order valence-electron chi connectivity index (χ4n) is 6.47. The fourth-order valence-corrected chi connectivity index (χ4v) is 6.47. The lowest BCUT2D eigenvalue weighted by molar-refractivity contribution is -0.302. The van der Waals surface area contributed by atoms with Crippen molar-refractivity contribution in [3.63, 3.8) is 0 Å². The molecule has 3 aliphatic heterocycles. The summed E-state index contributed by atoms with van der Waals surface area (Å²) < 4.78 is 14.8. The molecule has 28 nitrogen and oxygen atoms in total. The van der Waals surface area contributed by atoms with Gasteiger partial charge in [0.2, 0.25) is 5.91 Å². The Labute approximate surface area is 358 Å². The summed E-state index contributed by atoms with van der Waals surface area (Å²) in [7, 11) is 0. The van der Waals surface area contributed by atoms with E-state index in [1.165, 1.54) is 27.7 Å². The van der Waals surface area contributed by atoms with Gasteiger partial charge in [0.05, 0.1) is 62.0 Å². The Hall–Kier alpha value is -3.78. The van der Waals surface area contributed by atoms with Gasteiger partial charge in [0.25, 0.3) is 17.4 Å². The maximum atomic E-state index is 11.5. The Morgan fingerprint density at radius 3 is 1.29 bits per heavy atom. The van der Waals surface area contributed by atoms with Crippen molar-refractivity contribution < 1.29 is 120 Å². The molecular formula is C35H60N4O24. The van der Waals surface area contributed by atoms with E-state index >= 15 is 0 Å². The molecule has 3 unspecified atom stereocenters. The Bertz CT molecular complexity index is 1590.